The number of rotatable bonds is 2. The summed E-state index contributed by atoms with van der Waals surface area (Å²) in [6.07, 6.45) is 3.14. The SMILES string of the molecule is COc1cc(C)cc(C)c1-c1cncnc1Cl. The van der Waals surface area contributed by atoms with E-state index in [1.807, 2.05) is 19.9 Å². The van der Waals surface area contributed by atoms with Gasteiger partial charge in [-0.05, 0) is 31.0 Å². The molecule has 2 rings (SSSR count). The summed E-state index contributed by atoms with van der Waals surface area (Å²) < 4.78 is 5.40. The Bertz CT molecular complexity index is 555. The fraction of sp³-hybridized carbons (Fsp3) is 0.231. The van der Waals surface area contributed by atoms with Crippen molar-refractivity contribution in [2.24, 2.45) is 0 Å². The predicted molar refractivity (Wildman–Crippen MR) is 68.5 cm³/mol. The van der Waals surface area contributed by atoms with Crippen LogP contribution in [0, 0.1) is 13.8 Å². The van der Waals surface area contributed by atoms with Gasteiger partial charge in [-0.2, -0.15) is 0 Å². The van der Waals surface area contributed by atoms with Crippen molar-refractivity contribution in [2.75, 3.05) is 7.11 Å². The average molecular weight is 249 g/mol. The molecule has 0 aliphatic rings. The van der Waals surface area contributed by atoms with Gasteiger partial charge in [0.25, 0.3) is 0 Å². The van der Waals surface area contributed by atoms with Crippen molar-refractivity contribution in [3.05, 3.63) is 40.9 Å². The number of aryl methyl sites for hydroxylation is 2. The van der Waals surface area contributed by atoms with E-state index < -0.39 is 0 Å². The van der Waals surface area contributed by atoms with Gasteiger partial charge in [0, 0.05) is 17.3 Å². The Morgan fingerprint density at radius 1 is 1.24 bits per heavy atom. The van der Waals surface area contributed by atoms with Crippen molar-refractivity contribution >= 4 is 11.6 Å². The predicted octanol–water partition coefficient (Wildman–Crippen LogP) is 3.42. The molecule has 2 aromatic rings. The molecule has 0 atom stereocenters. The fourth-order valence-electron chi connectivity index (χ4n) is 1.92. The molecule has 88 valence electrons. The van der Waals surface area contributed by atoms with E-state index in [9.17, 15) is 0 Å². The molecule has 1 aromatic carbocycles. The smallest absolute Gasteiger partial charge is 0.140 e. The number of nitrogens with zero attached hydrogens (tertiary/aromatic N) is 2. The third kappa shape index (κ3) is 2.24. The molecule has 17 heavy (non-hydrogen) atoms. The van der Waals surface area contributed by atoms with Crippen molar-refractivity contribution in [3.63, 3.8) is 0 Å². The number of hydrogen-bond donors (Lipinski definition) is 0. The van der Waals surface area contributed by atoms with Gasteiger partial charge in [0.15, 0.2) is 0 Å². The Labute approximate surface area is 105 Å². The van der Waals surface area contributed by atoms with E-state index in [4.69, 9.17) is 16.3 Å². The number of benzene rings is 1. The Morgan fingerprint density at radius 3 is 2.65 bits per heavy atom. The highest BCUT2D eigenvalue weighted by atomic mass is 35.5. The third-order valence-corrected chi connectivity index (χ3v) is 2.90. The molecule has 0 spiro atoms. The van der Waals surface area contributed by atoms with Crippen molar-refractivity contribution in [3.8, 4) is 16.9 Å². The van der Waals surface area contributed by atoms with Crippen LogP contribution in [0.4, 0.5) is 0 Å². The maximum absolute atomic E-state index is 6.09. The van der Waals surface area contributed by atoms with Gasteiger partial charge in [-0.25, -0.2) is 9.97 Å². The molecule has 0 unspecified atom stereocenters. The standard InChI is InChI=1S/C13H13ClN2O/c1-8-4-9(2)12(11(5-8)17-3)10-6-15-7-16-13(10)14/h4-7H,1-3H3. The van der Waals surface area contributed by atoms with E-state index in [2.05, 4.69) is 16.0 Å². The molecule has 4 heteroatoms. The first kappa shape index (κ1) is 11.9. The Balaban J connectivity index is 2.71. The van der Waals surface area contributed by atoms with Crippen LogP contribution in [-0.2, 0) is 0 Å². The van der Waals surface area contributed by atoms with E-state index >= 15 is 0 Å². The molecule has 0 fully saturated rings. The van der Waals surface area contributed by atoms with Crippen molar-refractivity contribution < 1.29 is 4.74 Å². The maximum Gasteiger partial charge on any atom is 0.140 e. The van der Waals surface area contributed by atoms with Crippen LogP contribution in [0.5, 0.6) is 5.75 Å². The lowest BCUT2D eigenvalue weighted by Gasteiger charge is -2.13. The highest BCUT2D eigenvalue weighted by Gasteiger charge is 2.13. The molecule has 0 amide bonds. The van der Waals surface area contributed by atoms with Crippen molar-refractivity contribution in [2.45, 2.75) is 13.8 Å². The zero-order chi connectivity index (χ0) is 12.4. The maximum atomic E-state index is 6.09. The second-order valence-corrected chi connectivity index (χ2v) is 4.24. The lowest BCUT2D eigenvalue weighted by molar-refractivity contribution is 0.416. The Hall–Kier alpha value is -1.61. The van der Waals surface area contributed by atoms with Crippen molar-refractivity contribution in [1.82, 2.24) is 9.97 Å². The van der Waals surface area contributed by atoms with Crippen LogP contribution in [-0.4, -0.2) is 17.1 Å². The van der Waals surface area contributed by atoms with Crippen LogP contribution in [0.2, 0.25) is 5.15 Å². The van der Waals surface area contributed by atoms with E-state index in [1.165, 1.54) is 6.33 Å². The summed E-state index contributed by atoms with van der Waals surface area (Å²) in [6.45, 7) is 4.05. The molecule has 0 radical (unpaired) electrons. The first-order valence-electron chi connectivity index (χ1n) is 5.24. The van der Waals surface area contributed by atoms with Gasteiger partial charge in [-0.15, -0.1) is 0 Å². The first-order chi connectivity index (χ1) is 8.13. The van der Waals surface area contributed by atoms with E-state index in [0.717, 1.165) is 28.0 Å². The minimum atomic E-state index is 0.435. The molecular formula is C13H13ClN2O. The Kier molecular flexibility index (Phi) is 3.29. The second kappa shape index (κ2) is 4.72. The van der Waals surface area contributed by atoms with Crippen LogP contribution in [0.3, 0.4) is 0 Å². The summed E-state index contributed by atoms with van der Waals surface area (Å²) in [5.74, 6) is 0.791. The molecule has 1 heterocycles. The summed E-state index contributed by atoms with van der Waals surface area (Å²) in [5.41, 5.74) is 3.99. The zero-order valence-corrected chi connectivity index (χ0v) is 10.7. The zero-order valence-electron chi connectivity index (χ0n) is 9.99. The summed E-state index contributed by atoms with van der Waals surface area (Å²) in [6, 6.07) is 4.06. The number of hydrogen-bond acceptors (Lipinski definition) is 3. The van der Waals surface area contributed by atoms with Gasteiger partial charge in [0.05, 0.1) is 7.11 Å². The minimum Gasteiger partial charge on any atom is -0.496 e. The van der Waals surface area contributed by atoms with Crippen LogP contribution >= 0.6 is 11.6 Å². The largest absolute Gasteiger partial charge is 0.496 e. The Morgan fingerprint density at radius 2 is 2.00 bits per heavy atom. The quantitative estimate of drug-likeness (QED) is 0.764. The van der Waals surface area contributed by atoms with E-state index in [0.29, 0.717) is 5.15 Å². The molecule has 3 nitrogen and oxygen atoms in total. The average Bonchev–Trinajstić information content (AvgIpc) is 2.29. The van der Waals surface area contributed by atoms with Crippen LogP contribution in [0.15, 0.2) is 24.7 Å². The van der Waals surface area contributed by atoms with E-state index in [1.54, 1.807) is 13.3 Å². The van der Waals surface area contributed by atoms with Crippen LogP contribution in [0.25, 0.3) is 11.1 Å². The molecule has 0 N–H and O–H groups in total. The number of aromatic nitrogens is 2. The van der Waals surface area contributed by atoms with Crippen LogP contribution in [0.1, 0.15) is 11.1 Å². The number of ether oxygens (including phenoxy) is 1. The van der Waals surface area contributed by atoms with Gasteiger partial charge >= 0.3 is 0 Å². The molecular weight excluding hydrogens is 236 g/mol. The molecule has 0 saturated carbocycles. The van der Waals surface area contributed by atoms with Gasteiger partial charge < -0.3 is 4.74 Å². The molecule has 0 saturated heterocycles. The molecule has 0 aliphatic carbocycles. The van der Waals surface area contributed by atoms with Crippen LogP contribution < -0.4 is 4.74 Å². The highest BCUT2D eigenvalue weighted by molar-refractivity contribution is 6.32. The van der Waals surface area contributed by atoms with E-state index in [-0.39, 0.29) is 0 Å². The van der Waals surface area contributed by atoms with Gasteiger partial charge in [-0.1, -0.05) is 17.7 Å². The fourth-order valence-corrected chi connectivity index (χ4v) is 2.10. The molecule has 1 aromatic heterocycles. The van der Waals surface area contributed by atoms with Gasteiger partial charge in [0.2, 0.25) is 0 Å². The summed E-state index contributed by atoms with van der Waals surface area (Å²) in [7, 11) is 1.65. The number of halogens is 1. The second-order valence-electron chi connectivity index (χ2n) is 3.89. The normalized spacial score (nSPS) is 10.4. The lowest BCUT2D eigenvalue weighted by Crippen LogP contribution is -1.94. The monoisotopic (exact) mass is 248 g/mol. The highest BCUT2D eigenvalue weighted by Crippen LogP contribution is 2.36. The summed E-state index contributed by atoms with van der Waals surface area (Å²) >= 11 is 6.09. The third-order valence-electron chi connectivity index (χ3n) is 2.60. The number of methoxy groups -OCH3 is 1. The lowest BCUT2D eigenvalue weighted by atomic mass is 9.99. The van der Waals surface area contributed by atoms with Gasteiger partial charge in [-0.3, -0.25) is 0 Å². The molecule has 0 aliphatic heterocycles. The van der Waals surface area contributed by atoms with Crippen molar-refractivity contribution in [1.29, 1.82) is 0 Å². The first-order valence-corrected chi connectivity index (χ1v) is 5.62. The minimum absolute atomic E-state index is 0.435. The topological polar surface area (TPSA) is 35.0 Å². The summed E-state index contributed by atoms with van der Waals surface area (Å²) in [4.78, 5) is 8.00. The van der Waals surface area contributed by atoms with Gasteiger partial charge in [0.1, 0.15) is 17.2 Å². The molecule has 0 bridgehead atoms. The summed E-state index contributed by atoms with van der Waals surface area (Å²) in [5, 5.41) is 0.435.